The Labute approximate surface area is 152 Å². The fourth-order valence-corrected chi connectivity index (χ4v) is 5.83. The molecule has 1 saturated heterocycles. The van der Waals surface area contributed by atoms with Crippen LogP contribution in [0.3, 0.4) is 0 Å². The number of anilines is 2. The number of rotatable bonds is 4. The molecule has 0 radical (unpaired) electrons. The molecule has 2 aromatic carbocycles. The molecule has 0 aromatic heterocycles. The summed E-state index contributed by atoms with van der Waals surface area (Å²) in [5.74, 6) is 0.134. The van der Waals surface area contributed by atoms with Crippen LogP contribution in [-0.4, -0.2) is 29.1 Å². The van der Waals surface area contributed by atoms with Gasteiger partial charge in [0.25, 0.3) is 10.0 Å². The van der Waals surface area contributed by atoms with Crippen molar-refractivity contribution >= 4 is 43.0 Å². The summed E-state index contributed by atoms with van der Waals surface area (Å²) in [5, 5.41) is 0.334. The van der Waals surface area contributed by atoms with Gasteiger partial charge >= 0.3 is 0 Å². The number of nitrogens with one attached hydrogen (secondary N) is 1. The molecule has 0 saturated carbocycles. The van der Waals surface area contributed by atoms with Crippen molar-refractivity contribution in [2.45, 2.75) is 18.2 Å². The van der Waals surface area contributed by atoms with Gasteiger partial charge in [-0.25, -0.2) is 16.8 Å². The molecule has 0 spiro atoms. The molecule has 134 valence electrons. The molecule has 1 N–H and O–H groups in total. The Kier molecular flexibility index (Phi) is 4.70. The SMILES string of the molecule is Cc1ccc(Cl)cc1S(=O)(=O)Nc1ccc(N2CCCS2(=O)=O)cc1. The van der Waals surface area contributed by atoms with E-state index in [0.29, 0.717) is 34.9 Å². The zero-order chi connectivity index (χ0) is 18.2. The third-order valence-electron chi connectivity index (χ3n) is 3.95. The number of halogens is 1. The minimum Gasteiger partial charge on any atom is -0.280 e. The third-order valence-corrected chi connectivity index (χ3v) is 7.57. The number of benzene rings is 2. The second kappa shape index (κ2) is 6.51. The van der Waals surface area contributed by atoms with Gasteiger partial charge in [0, 0.05) is 17.3 Å². The van der Waals surface area contributed by atoms with Gasteiger partial charge in [0.1, 0.15) is 0 Å². The third kappa shape index (κ3) is 3.75. The first-order valence-electron chi connectivity index (χ1n) is 7.58. The maximum Gasteiger partial charge on any atom is 0.262 e. The Bertz CT molecular complexity index is 1000. The van der Waals surface area contributed by atoms with E-state index in [1.807, 2.05) is 0 Å². The van der Waals surface area contributed by atoms with Crippen LogP contribution in [0.25, 0.3) is 0 Å². The Morgan fingerprint density at radius 1 is 1.12 bits per heavy atom. The van der Waals surface area contributed by atoms with E-state index in [0.717, 1.165) is 0 Å². The number of sulfonamides is 2. The zero-order valence-electron chi connectivity index (χ0n) is 13.4. The molecule has 3 rings (SSSR count). The van der Waals surface area contributed by atoms with Gasteiger partial charge in [-0.15, -0.1) is 0 Å². The lowest BCUT2D eigenvalue weighted by atomic mass is 10.2. The van der Waals surface area contributed by atoms with Gasteiger partial charge < -0.3 is 0 Å². The number of hydrogen-bond donors (Lipinski definition) is 1. The molecular formula is C16H17ClN2O4S2. The lowest BCUT2D eigenvalue weighted by molar-refractivity contribution is 0.598. The standard InChI is InChI=1S/C16H17ClN2O4S2/c1-12-3-4-13(17)11-16(12)25(22,23)18-14-5-7-15(8-6-14)19-9-2-10-24(19,20)21/h3-8,11,18H,2,9-10H2,1H3. The quantitative estimate of drug-likeness (QED) is 0.855. The topological polar surface area (TPSA) is 83.6 Å². The van der Waals surface area contributed by atoms with Crippen LogP contribution >= 0.6 is 11.6 Å². The van der Waals surface area contributed by atoms with Gasteiger partial charge in [0.15, 0.2) is 0 Å². The highest BCUT2D eigenvalue weighted by molar-refractivity contribution is 7.93. The van der Waals surface area contributed by atoms with E-state index in [1.165, 1.54) is 10.4 Å². The first-order valence-corrected chi connectivity index (χ1v) is 11.1. The minimum atomic E-state index is -3.79. The van der Waals surface area contributed by atoms with E-state index in [9.17, 15) is 16.8 Å². The van der Waals surface area contributed by atoms with Gasteiger partial charge in [-0.2, -0.15) is 0 Å². The fourth-order valence-electron chi connectivity index (χ4n) is 2.70. The molecule has 1 aliphatic heterocycles. The van der Waals surface area contributed by atoms with Crippen LogP contribution < -0.4 is 9.03 Å². The maximum absolute atomic E-state index is 12.5. The summed E-state index contributed by atoms with van der Waals surface area (Å²) in [6.07, 6.45) is 0.588. The number of aryl methyl sites for hydroxylation is 1. The fraction of sp³-hybridized carbons (Fsp3) is 0.250. The highest BCUT2D eigenvalue weighted by Crippen LogP contribution is 2.27. The first-order chi connectivity index (χ1) is 11.7. The largest absolute Gasteiger partial charge is 0.280 e. The molecule has 0 unspecified atom stereocenters. The number of nitrogens with zero attached hydrogens (tertiary/aromatic N) is 1. The van der Waals surface area contributed by atoms with Crippen LogP contribution in [0.15, 0.2) is 47.4 Å². The molecule has 6 nitrogen and oxygen atoms in total. The highest BCUT2D eigenvalue weighted by atomic mass is 35.5. The average molecular weight is 401 g/mol. The van der Waals surface area contributed by atoms with Crippen molar-refractivity contribution < 1.29 is 16.8 Å². The minimum absolute atomic E-state index is 0.103. The summed E-state index contributed by atoms with van der Waals surface area (Å²) in [4.78, 5) is 0.103. The van der Waals surface area contributed by atoms with Crippen LogP contribution in [-0.2, 0) is 20.0 Å². The molecule has 2 aromatic rings. The van der Waals surface area contributed by atoms with Gasteiger partial charge in [-0.1, -0.05) is 17.7 Å². The molecule has 0 bridgehead atoms. The summed E-state index contributed by atoms with van der Waals surface area (Å²) in [6, 6.07) is 10.9. The Morgan fingerprint density at radius 2 is 1.80 bits per heavy atom. The molecule has 0 atom stereocenters. The summed E-state index contributed by atoms with van der Waals surface area (Å²) in [7, 11) is -7.05. The second-order valence-corrected chi connectivity index (χ2v) is 9.90. The molecule has 1 fully saturated rings. The van der Waals surface area contributed by atoms with Gasteiger partial charge in [0.05, 0.1) is 16.3 Å². The molecular weight excluding hydrogens is 384 g/mol. The molecule has 0 amide bonds. The second-order valence-electron chi connectivity index (χ2n) is 5.80. The van der Waals surface area contributed by atoms with Crippen LogP contribution in [0.2, 0.25) is 5.02 Å². The van der Waals surface area contributed by atoms with E-state index < -0.39 is 20.0 Å². The smallest absolute Gasteiger partial charge is 0.262 e. The summed E-state index contributed by atoms with van der Waals surface area (Å²) in [5.41, 5.74) is 1.45. The monoisotopic (exact) mass is 400 g/mol. The van der Waals surface area contributed by atoms with E-state index in [1.54, 1.807) is 43.3 Å². The van der Waals surface area contributed by atoms with E-state index in [4.69, 9.17) is 11.6 Å². The lowest BCUT2D eigenvalue weighted by Gasteiger charge is -2.17. The van der Waals surface area contributed by atoms with Crippen molar-refractivity contribution in [3.63, 3.8) is 0 Å². The summed E-state index contributed by atoms with van der Waals surface area (Å²) < 4.78 is 52.8. The Balaban J connectivity index is 1.85. The molecule has 1 aliphatic rings. The summed E-state index contributed by atoms with van der Waals surface area (Å²) >= 11 is 5.89. The van der Waals surface area contributed by atoms with Crippen molar-refractivity contribution in [2.75, 3.05) is 21.3 Å². The predicted octanol–water partition coefficient (Wildman–Crippen LogP) is 2.99. The normalized spacial score (nSPS) is 16.8. The Morgan fingerprint density at radius 3 is 2.40 bits per heavy atom. The predicted molar refractivity (Wildman–Crippen MR) is 99.2 cm³/mol. The number of hydrogen-bond acceptors (Lipinski definition) is 4. The van der Waals surface area contributed by atoms with Crippen LogP contribution in [0.5, 0.6) is 0 Å². The van der Waals surface area contributed by atoms with E-state index in [2.05, 4.69) is 4.72 Å². The van der Waals surface area contributed by atoms with Crippen molar-refractivity contribution in [3.05, 3.63) is 53.1 Å². The van der Waals surface area contributed by atoms with E-state index >= 15 is 0 Å². The molecule has 0 aliphatic carbocycles. The summed E-state index contributed by atoms with van der Waals surface area (Å²) in [6.45, 7) is 2.13. The average Bonchev–Trinajstić information content (AvgIpc) is 2.89. The van der Waals surface area contributed by atoms with Gasteiger partial charge in [0.2, 0.25) is 10.0 Å². The zero-order valence-corrected chi connectivity index (χ0v) is 15.8. The highest BCUT2D eigenvalue weighted by Gasteiger charge is 2.28. The van der Waals surface area contributed by atoms with Crippen molar-refractivity contribution in [1.82, 2.24) is 0 Å². The molecule has 1 heterocycles. The Hall–Kier alpha value is -1.77. The maximum atomic E-state index is 12.5. The van der Waals surface area contributed by atoms with Crippen LogP contribution in [0.4, 0.5) is 11.4 Å². The van der Waals surface area contributed by atoms with Gasteiger partial charge in [-0.05, 0) is 55.3 Å². The molecule has 9 heteroatoms. The lowest BCUT2D eigenvalue weighted by Crippen LogP contribution is -2.25. The van der Waals surface area contributed by atoms with Crippen molar-refractivity contribution in [3.8, 4) is 0 Å². The van der Waals surface area contributed by atoms with Crippen molar-refractivity contribution in [1.29, 1.82) is 0 Å². The molecule has 25 heavy (non-hydrogen) atoms. The van der Waals surface area contributed by atoms with E-state index in [-0.39, 0.29) is 10.6 Å². The first kappa shape index (κ1) is 18.0. The van der Waals surface area contributed by atoms with Gasteiger partial charge in [-0.3, -0.25) is 9.03 Å². The van der Waals surface area contributed by atoms with Crippen LogP contribution in [0, 0.1) is 6.92 Å². The van der Waals surface area contributed by atoms with Crippen LogP contribution in [0.1, 0.15) is 12.0 Å². The van der Waals surface area contributed by atoms with Crippen molar-refractivity contribution in [2.24, 2.45) is 0 Å².